The monoisotopic (exact) mass is 480 g/mol. The molecule has 4 nitrogen and oxygen atoms in total. The van der Waals surface area contributed by atoms with E-state index >= 15 is 0 Å². The zero-order valence-corrected chi connectivity index (χ0v) is 21.5. The number of amides is 1. The quantitative estimate of drug-likeness (QED) is 0.421. The maximum Gasteiger partial charge on any atom is 0.253 e. The van der Waals surface area contributed by atoms with Crippen molar-refractivity contribution in [2.75, 3.05) is 32.7 Å². The molecule has 1 fully saturated rings. The second-order valence-corrected chi connectivity index (χ2v) is 9.69. The molecule has 0 atom stereocenters. The molecule has 0 saturated carbocycles. The first-order valence-electron chi connectivity index (χ1n) is 13.3. The lowest BCUT2D eigenvalue weighted by Gasteiger charge is -2.30. The average Bonchev–Trinajstić information content (AvgIpc) is 3.10. The lowest BCUT2D eigenvalue weighted by Crippen LogP contribution is -2.32. The van der Waals surface area contributed by atoms with Gasteiger partial charge in [-0.15, -0.1) is 0 Å². The molecule has 0 spiro atoms. The molecule has 1 saturated heterocycles. The third-order valence-corrected chi connectivity index (χ3v) is 7.59. The minimum Gasteiger partial charge on any atom is -0.488 e. The fraction of sp³-hybridized carbons (Fsp3) is 0.344. The van der Waals surface area contributed by atoms with Gasteiger partial charge in [-0.3, -0.25) is 4.79 Å². The molecule has 3 aromatic carbocycles. The van der Waals surface area contributed by atoms with Gasteiger partial charge in [0.2, 0.25) is 0 Å². The molecule has 0 bridgehead atoms. The molecule has 2 aliphatic rings. The van der Waals surface area contributed by atoms with Crippen LogP contribution < -0.4 is 4.74 Å². The fourth-order valence-electron chi connectivity index (χ4n) is 5.47. The number of likely N-dealkylation sites (tertiary alicyclic amines) is 1. The van der Waals surface area contributed by atoms with Crippen LogP contribution in [0.3, 0.4) is 0 Å². The van der Waals surface area contributed by atoms with E-state index in [-0.39, 0.29) is 5.91 Å². The predicted octanol–water partition coefficient (Wildman–Crippen LogP) is 6.20. The zero-order valence-electron chi connectivity index (χ0n) is 21.5. The van der Waals surface area contributed by atoms with Gasteiger partial charge < -0.3 is 14.5 Å². The smallest absolute Gasteiger partial charge is 0.253 e. The van der Waals surface area contributed by atoms with Crippen LogP contribution in [-0.4, -0.2) is 48.4 Å². The summed E-state index contributed by atoms with van der Waals surface area (Å²) in [6.07, 6.45) is 3.20. The third-order valence-electron chi connectivity index (χ3n) is 7.59. The summed E-state index contributed by atoms with van der Waals surface area (Å²) in [5.74, 6) is 0.882. The average molecular weight is 481 g/mol. The molecule has 36 heavy (non-hydrogen) atoms. The van der Waals surface area contributed by atoms with Gasteiger partial charge >= 0.3 is 0 Å². The van der Waals surface area contributed by atoms with Crippen LogP contribution >= 0.6 is 0 Å². The van der Waals surface area contributed by atoms with E-state index in [0.717, 1.165) is 50.2 Å². The highest BCUT2D eigenvalue weighted by atomic mass is 16.5. The van der Waals surface area contributed by atoms with Crippen LogP contribution in [0, 0.1) is 0 Å². The summed E-state index contributed by atoms with van der Waals surface area (Å²) in [7, 11) is 0. The lowest BCUT2D eigenvalue weighted by atomic mass is 9.86. The van der Waals surface area contributed by atoms with E-state index in [0.29, 0.717) is 25.3 Å². The molecular weight excluding hydrogens is 444 g/mol. The van der Waals surface area contributed by atoms with Gasteiger partial charge in [-0.1, -0.05) is 60.2 Å². The Hall–Kier alpha value is -3.37. The summed E-state index contributed by atoms with van der Waals surface area (Å²) in [5.41, 5.74) is 8.49. The number of fused-ring (bicyclic) bond motifs is 2. The van der Waals surface area contributed by atoms with Gasteiger partial charge in [-0.05, 0) is 73.6 Å². The normalized spacial score (nSPS) is 15.5. The Balaban J connectivity index is 1.43. The highest BCUT2D eigenvalue weighted by molar-refractivity contribution is 5.96. The van der Waals surface area contributed by atoms with Crippen LogP contribution in [0.1, 0.15) is 59.3 Å². The first-order valence-corrected chi connectivity index (χ1v) is 13.3. The van der Waals surface area contributed by atoms with Crippen molar-refractivity contribution in [2.24, 2.45) is 0 Å². The number of ether oxygens (including phenoxy) is 1. The zero-order chi connectivity index (χ0) is 24.9. The fourth-order valence-corrected chi connectivity index (χ4v) is 5.47. The van der Waals surface area contributed by atoms with E-state index in [4.69, 9.17) is 4.74 Å². The first kappa shape index (κ1) is 24.3. The number of hydrogen-bond acceptors (Lipinski definition) is 3. The van der Waals surface area contributed by atoms with Crippen molar-refractivity contribution in [3.05, 3.63) is 106 Å². The Morgan fingerprint density at radius 3 is 2.36 bits per heavy atom. The summed E-state index contributed by atoms with van der Waals surface area (Å²) in [6, 6.07) is 25.4. The molecule has 0 N–H and O–H groups in total. The van der Waals surface area contributed by atoms with E-state index in [1.54, 1.807) is 0 Å². The van der Waals surface area contributed by atoms with Gasteiger partial charge in [0.25, 0.3) is 5.91 Å². The minimum atomic E-state index is 0.0640. The number of rotatable bonds is 6. The Kier molecular flexibility index (Phi) is 7.52. The van der Waals surface area contributed by atoms with Crippen LogP contribution in [0.5, 0.6) is 5.75 Å². The van der Waals surface area contributed by atoms with Gasteiger partial charge in [0.15, 0.2) is 0 Å². The number of benzene rings is 3. The molecule has 186 valence electrons. The van der Waals surface area contributed by atoms with Gasteiger partial charge in [0.05, 0.1) is 0 Å². The highest BCUT2D eigenvalue weighted by Gasteiger charge is 2.26. The molecule has 2 aliphatic heterocycles. The van der Waals surface area contributed by atoms with Crippen LogP contribution in [0.25, 0.3) is 5.57 Å². The van der Waals surface area contributed by atoms with Crippen molar-refractivity contribution in [3.8, 4) is 5.75 Å². The van der Waals surface area contributed by atoms with E-state index in [2.05, 4.69) is 65.6 Å². The minimum absolute atomic E-state index is 0.0640. The van der Waals surface area contributed by atoms with Gasteiger partial charge in [0, 0.05) is 43.9 Å². The van der Waals surface area contributed by atoms with E-state index in [1.807, 2.05) is 30.9 Å². The van der Waals surface area contributed by atoms with Crippen molar-refractivity contribution >= 4 is 11.5 Å². The van der Waals surface area contributed by atoms with Crippen molar-refractivity contribution in [1.82, 2.24) is 9.80 Å². The van der Waals surface area contributed by atoms with Gasteiger partial charge in [-0.25, -0.2) is 0 Å². The van der Waals surface area contributed by atoms with Crippen LogP contribution in [0.4, 0.5) is 0 Å². The van der Waals surface area contributed by atoms with Gasteiger partial charge in [0.1, 0.15) is 12.4 Å². The number of carbonyl (C=O) groups excluding carboxylic acids is 1. The molecule has 2 heterocycles. The summed E-state index contributed by atoms with van der Waals surface area (Å²) < 4.78 is 6.33. The van der Waals surface area contributed by atoms with Crippen LogP contribution in [-0.2, 0) is 13.0 Å². The SMILES string of the molecule is CCN(CC)C(=O)c1ccc2c(c1)OCc1ccccc1C2=C1CCN(CCc2ccccc2)CC1. The summed E-state index contributed by atoms with van der Waals surface area (Å²) in [4.78, 5) is 17.5. The largest absolute Gasteiger partial charge is 0.488 e. The predicted molar refractivity (Wildman–Crippen MR) is 146 cm³/mol. The van der Waals surface area contributed by atoms with Crippen LogP contribution in [0.2, 0.25) is 0 Å². The molecule has 4 heteroatoms. The molecule has 0 radical (unpaired) electrons. The van der Waals surface area contributed by atoms with Crippen molar-refractivity contribution in [1.29, 1.82) is 0 Å². The summed E-state index contributed by atoms with van der Waals surface area (Å²) in [5, 5.41) is 0. The standard InChI is InChI=1S/C32H36N2O2/c1-3-34(4-2)32(35)26-14-15-29-30(22-26)36-23-27-12-8-9-13-28(27)31(29)25-17-20-33(21-18-25)19-16-24-10-6-5-7-11-24/h5-15,22H,3-4,16-21,23H2,1-2H3. The summed E-state index contributed by atoms with van der Waals surface area (Å²) in [6.45, 7) is 9.21. The van der Waals surface area contributed by atoms with Gasteiger partial charge in [-0.2, -0.15) is 0 Å². The molecule has 1 amide bonds. The second kappa shape index (κ2) is 11.1. The maximum atomic E-state index is 13.0. The topological polar surface area (TPSA) is 32.8 Å². The molecule has 0 aromatic heterocycles. The maximum absolute atomic E-state index is 13.0. The van der Waals surface area contributed by atoms with Crippen LogP contribution in [0.15, 0.2) is 78.4 Å². The molecule has 5 rings (SSSR count). The number of hydrogen-bond donors (Lipinski definition) is 0. The van der Waals surface area contributed by atoms with Crippen molar-refractivity contribution < 1.29 is 9.53 Å². The Morgan fingerprint density at radius 1 is 0.889 bits per heavy atom. The second-order valence-electron chi connectivity index (χ2n) is 9.69. The Morgan fingerprint density at radius 2 is 1.61 bits per heavy atom. The Labute approximate surface area is 215 Å². The van der Waals surface area contributed by atoms with Crippen molar-refractivity contribution in [2.45, 2.75) is 39.7 Å². The molecule has 0 unspecified atom stereocenters. The molecule has 0 aliphatic carbocycles. The van der Waals surface area contributed by atoms with E-state index in [9.17, 15) is 4.79 Å². The molecular formula is C32H36N2O2. The third kappa shape index (κ3) is 5.10. The molecule has 3 aromatic rings. The first-order chi connectivity index (χ1) is 17.7. The lowest BCUT2D eigenvalue weighted by molar-refractivity contribution is 0.0772. The highest BCUT2D eigenvalue weighted by Crippen LogP contribution is 2.41. The summed E-state index contributed by atoms with van der Waals surface area (Å²) >= 11 is 0. The van der Waals surface area contributed by atoms with Crippen molar-refractivity contribution in [3.63, 3.8) is 0 Å². The van der Waals surface area contributed by atoms with E-state index in [1.165, 1.54) is 27.8 Å². The number of nitrogens with zero attached hydrogens (tertiary/aromatic N) is 2. The Bertz CT molecular complexity index is 1230. The van der Waals surface area contributed by atoms with E-state index < -0.39 is 0 Å². The number of carbonyl (C=O) groups is 1. The number of piperidine rings is 1.